The van der Waals surface area contributed by atoms with E-state index in [-0.39, 0.29) is 5.75 Å². The van der Waals surface area contributed by atoms with E-state index in [2.05, 4.69) is 13.0 Å². The van der Waals surface area contributed by atoms with Crippen molar-refractivity contribution in [2.24, 2.45) is 5.92 Å². The third-order valence-corrected chi connectivity index (χ3v) is 3.83. The fraction of sp³-hybridized carbons (Fsp3) is 0.500. The molecule has 0 N–H and O–H groups in total. The van der Waals surface area contributed by atoms with Crippen LogP contribution in [0.5, 0.6) is 5.75 Å². The summed E-state index contributed by atoms with van der Waals surface area (Å²) in [6.07, 6.45) is 7.31. The normalized spacial score (nSPS) is 19.2. The second-order valence-corrected chi connectivity index (χ2v) is 5.10. The van der Waals surface area contributed by atoms with E-state index in [1.807, 2.05) is 0 Å². The van der Waals surface area contributed by atoms with Crippen molar-refractivity contribution in [3.05, 3.63) is 35.4 Å². The van der Waals surface area contributed by atoms with Crippen LogP contribution in [-0.4, -0.2) is 7.11 Å². The van der Waals surface area contributed by atoms with Crippen molar-refractivity contribution < 1.29 is 13.5 Å². The lowest BCUT2D eigenvalue weighted by Crippen LogP contribution is -2.06. The zero-order chi connectivity index (χ0) is 13.8. The molecule has 104 valence electrons. The van der Waals surface area contributed by atoms with E-state index >= 15 is 0 Å². The van der Waals surface area contributed by atoms with Gasteiger partial charge >= 0.3 is 0 Å². The summed E-state index contributed by atoms with van der Waals surface area (Å²) in [5.74, 6) is -1.03. The molecule has 19 heavy (non-hydrogen) atoms. The molecule has 0 aliphatic heterocycles. The molecule has 0 fully saturated rings. The van der Waals surface area contributed by atoms with Crippen LogP contribution in [0.15, 0.2) is 18.2 Å². The van der Waals surface area contributed by atoms with E-state index in [4.69, 9.17) is 4.74 Å². The van der Waals surface area contributed by atoms with Crippen molar-refractivity contribution in [2.75, 3.05) is 7.11 Å². The molecule has 0 spiro atoms. The molecule has 0 saturated heterocycles. The van der Waals surface area contributed by atoms with Crippen molar-refractivity contribution in [3.63, 3.8) is 0 Å². The Morgan fingerprint density at radius 3 is 2.63 bits per heavy atom. The van der Waals surface area contributed by atoms with Crippen molar-refractivity contribution in [3.8, 4) is 5.75 Å². The number of ether oxygens (including phenoxy) is 1. The van der Waals surface area contributed by atoms with E-state index in [1.165, 1.54) is 26.0 Å². The number of halogens is 2. The second-order valence-electron chi connectivity index (χ2n) is 5.10. The average Bonchev–Trinajstić information content (AvgIpc) is 2.43. The Morgan fingerprint density at radius 1 is 1.26 bits per heavy atom. The van der Waals surface area contributed by atoms with Gasteiger partial charge in [-0.2, -0.15) is 4.39 Å². The van der Waals surface area contributed by atoms with E-state index < -0.39 is 11.6 Å². The minimum absolute atomic E-state index is 0.0403. The monoisotopic (exact) mass is 266 g/mol. The first-order valence-corrected chi connectivity index (χ1v) is 6.88. The number of hydrogen-bond donors (Lipinski definition) is 0. The van der Waals surface area contributed by atoms with Crippen LogP contribution in [0, 0.1) is 17.6 Å². The fourth-order valence-corrected chi connectivity index (χ4v) is 2.74. The van der Waals surface area contributed by atoms with Crippen molar-refractivity contribution in [2.45, 2.75) is 39.0 Å². The molecular formula is C16H20F2O. The fourth-order valence-electron chi connectivity index (χ4n) is 2.74. The molecule has 1 aromatic carbocycles. The Hall–Kier alpha value is -1.38. The molecule has 0 aromatic heterocycles. The van der Waals surface area contributed by atoms with Crippen LogP contribution >= 0.6 is 0 Å². The van der Waals surface area contributed by atoms with Gasteiger partial charge in [0.2, 0.25) is 5.82 Å². The van der Waals surface area contributed by atoms with Crippen LogP contribution < -0.4 is 4.74 Å². The maximum atomic E-state index is 14.0. The van der Waals surface area contributed by atoms with Crippen LogP contribution in [0.1, 0.15) is 44.6 Å². The molecule has 0 radical (unpaired) electrons. The summed E-state index contributed by atoms with van der Waals surface area (Å²) < 4.78 is 32.5. The first kappa shape index (κ1) is 14.0. The Morgan fingerprint density at radius 2 is 2.05 bits per heavy atom. The summed E-state index contributed by atoms with van der Waals surface area (Å²) in [4.78, 5) is 0. The predicted octanol–water partition coefficient (Wildman–Crippen LogP) is 4.96. The van der Waals surface area contributed by atoms with Gasteiger partial charge in [-0.3, -0.25) is 0 Å². The van der Waals surface area contributed by atoms with Crippen molar-refractivity contribution >= 4 is 5.57 Å². The van der Waals surface area contributed by atoms with Gasteiger partial charge in [-0.25, -0.2) is 4.39 Å². The minimum Gasteiger partial charge on any atom is -0.494 e. The van der Waals surface area contributed by atoms with Gasteiger partial charge in [0.1, 0.15) is 0 Å². The van der Waals surface area contributed by atoms with E-state index in [9.17, 15) is 8.78 Å². The predicted molar refractivity (Wildman–Crippen MR) is 73.1 cm³/mol. The topological polar surface area (TPSA) is 9.23 Å². The van der Waals surface area contributed by atoms with Gasteiger partial charge in [0.05, 0.1) is 7.11 Å². The summed E-state index contributed by atoms with van der Waals surface area (Å²) in [6, 6.07) is 3.11. The first-order chi connectivity index (χ1) is 9.17. The molecule has 0 amide bonds. The molecule has 0 heterocycles. The smallest absolute Gasteiger partial charge is 0.201 e. The standard InChI is InChI=1S/C16H20F2O/c1-3-4-11-5-7-12(8-6-11)13-9-10-14(19-2)16(18)15(13)17/h7,9-11H,3-6,8H2,1-2H3. The second kappa shape index (κ2) is 6.18. The van der Waals surface area contributed by atoms with Crippen LogP contribution in [-0.2, 0) is 0 Å². The molecule has 1 aromatic rings. The van der Waals surface area contributed by atoms with Gasteiger partial charge in [-0.15, -0.1) is 0 Å². The number of benzene rings is 1. The van der Waals surface area contributed by atoms with Crippen LogP contribution in [0.4, 0.5) is 8.78 Å². The van der Waals surface area contributed by atoms with E-state index in [0.29, 0.717) is 11.5 Å². The molecule has 1 aliphatic carbocycles. The van der Waals surface area contributed by atoms with E-state index in [1.54, 1.807) is 6.07 Å². The minimum atomic E-state index is -0.892. The van der Waals surface area contributed by atoms with Gasteiger partial charge in [0.25, 0.3) is 0 Å². The highest BCUT2D eigenvalue weighted by Crippen LogP contribution is 2.35. The van der Waals surface area contributed by atoms with Gasteiger partial charge in [-0.1, -0.05) is 25.8 Å². The Kier molecular flexibility index (Phi) is 4.56. The molecule has 0 saturated carbocycles. The molecule has 1 nitrogen and oxygen atoms in total. The maximum Gasteiger partial charge on any atom is 0.201 e. The molecule has 3 heteroatoms. The number of rotatable bonds is 4. The summed E-state index contributed by atoms with van der Waals surface area (Å²) in [5.41, 5.74) is 1.31. The van der Waals surface area contributed by atoms with Crippen molar-refractivity contribution in [1.82, 2.24) is 0 Å². The highest BCUT2D eigenvalue weighted by Gasteiger charge is 2.20. The summed E-state index contributed by atoms with van der Waals surface area (Å²) in [5, 5.41) is 0. The summed E-state index contributed by atoms with van der Waals surface area (Å²) >= 11 is 0. The van der Waals surface area contributed by atoms with Gasteiger partial charge in [0, 0.05) is 5.56 Å². The lowest BCUT2D eigenvalue weighted by Gasteiger charge is -2.22. The van der Waals surface area contributed by atoms with E-state index in [0.717, 1.165) is 24.8 Å². The third-order valence-electron chi connectivity index (χ3n) is 3.83. The van der Waals surface area contributed by atoms with Gasteiger partial charge in [-0.05, 0) is 42.9 Å². The van der Waals surface area contributed by atoms with Crippen LogP contribution in [0.2, 0.25) is 0 Å². The number of hydrogen-bond acceptors (Lipinski definition) is 1. The molecule has 1 atom stereocenters. The SMILES string of the molecule is CCCC1CC=C(c2ccc(OC)c(F)c2F)CC1. The van der Waals surface area contributed by atoms with Crippen LogP contribution in [0.3, 0.4) is 0 Å². The molecule has 0 bridgehead atoms. The molecule has 2 rings (SSSR count). The number of allylic oxidation sites excluding steroid dienone is 2. The van der Waals surface area contributed by atoms with Gasteiger partial charge < -0.3 is 4.74 Å². The number of methoxy groups -OCH3 is 1. The highest BCUT2D eigenvalue weighted by atomic mass is 19.2. The van der Waals surface area contributed by atoms with Gasteiger partial charge in [0.15, 0.2) is 11.6 Å². The van der Waals surface area contributed by atoms with Crippen molar-refractivity contribution in [1.29, 1.82) is 0 Å². The Bertz CT molecular complexity index is 480. The first-order valence-electron chi connectivity index (χ1n) is 6.88. The third kappa shape index (κ3) is 2.96. The zero-order valence-corrected chi connectivity index (χ0v) is 11.5. The molecule has 1 aliphatic rings. The van der Waals surface area contributed by atoms with Crippen LogP contribution in [0.25, 0.3) is 5.57 Å². The summed E-state index contributed by atoms with van der Waals surface area (Å²) in [6.45, 7) is 2.18. The summed E-state index contributed by atoms with van der Waals surface area (Å²) in [7, 11) is 1.34. The lowest BCUT2D eigenvalue weighted by atomic mass is 9.84. The largest absolute Gasteiger partial charge is 0.494 e. The quantitative estimate of drug-likeness (QED) is 0.748. The Balaban J connectivity index is 2.22. The maximum absolute atomic E-state index is 14.0. The Labute approximate surface area is 113 Å². The zero-order valence-electron chi connectivity index (χ0n) is 11.5. The lowest BCUT2D eigenvalue weighted by molar-refractivity contribution is 0.371. The highest BCUT2D eigenvalue weighted by molar-refractivity contribution is 5.67. The average molecular weight is 266 g/mol. The molecular weight excluding hydrogens is 246 g/mol. The molecule has 1 unspecified atom stereocenters.